The van der Waals surface area contributed by atoms with Gasteiger partial charge in [-0.2, -0.15) is 12.6 Å². The van der Waals surface area contributed by atoms with Crippen molar-refractivity contribution in [2.24, 2.45) is 0 Å². The predicted molar refractivity (Wildman–Crippen MR) is 115 cm³/mol. The molecule has 2 atom stereocenters. The molecule has 0 aliphatic heterocycles. The fourth-order valence-electron chi connectivity index (χ4n) is 2.65. The van der Waals surface area contributed by atoms with E-state index < -0.39 is 29.6 Å². The molecule has 0 aliphatic carbocycles. The summed E-state index contributed by atoms with van der Waals surface area (Å²) in [6.45, 7) is 6.49. The quantitative estimate of drug-likeness (QED) is 0.364. The molecular formula is C21H32N2O5S. The summed E-state index contributed by atoms with van der Waals surface area (Å²) >= 11 is 3.96. The van der Waals surface area contributed by atoms with Crippen LogP contribution in [0.5, 0.6) is 0 Å². The summed E-state index contributed by atoms with van der Waals surface area (Å²) in [4.78, 5) is 36.3. The second kappa shape index (κ2) is 12.5. The van der Waals surface area contributed by atoms with Crippen molar-refractivity contribution in [1.29, 1.82) is 0 Å². The Balaban J connectivity index is 2.78. The van der Waals surface area contributed by atoms with Gasteiger partial charge in [-0.1, -0.05) is 37.3 Å². The molecule has 0 radical (unpaired) electrons. The summed E-state index contributed by atoms with van der Waals surface area (Å²) in [7, 11) is 0. The maximum absolute atomic E-state index is 12.7. The molecule has 3 N–H and O–H groups in total. The Kier molecular flexibility index (Phi) is 10.8. The number of hydrogen-bond donors (Lipinski definition) is 4. The van der Waals surface area contributed by atoms with Gasteiger partial charge in [0.2, 0.25) is 11.8 Å². The van der Waals surface area contributed by atoms with Gasteiger partial charge in [0, 0.05) is 25.2 Å². The molecule has 0 aromatic heterocycles. The summed E-state index contributed by atoms with van der Waals surface area (Å²) in [6, 6.07) is 7.23. The van der Waals surface area contributed by atoms with Gasteiger partial charge in [-0.15, -0.1) is 0 Å². The van der Waals surface area contributed by atoms with Gasteiger partial charge >= 0.3 is 5.97 Å². The first-order valence-corrected chi connectivity index (χ1v) is 10.4. The number of nitrogens with one attached hydrogen (secondary N) is 2. The van der Waals surface area contributed by atoms with Crippen LogP contribution in [0.4, 0.5) is 0 Å². The number of aliphatic carboxylic acids is 1. The van der Waals surface area contributed by atoms with E-state index in [4.69, 9.17) is 9.84 Å². The highest BCUT2D eigenvalue weighted by Crippen LogP contribution is 2.17. The van der Waals surface area contributed by atoms with Crippen LogP contribution in [0, 0.1) is 0 Å². The smallest absolute Gasteiger partial charge is 0.327 e. The van der Waals surface area contributed by atoms with Gasteiger partial charge in [0.25, 0.3) is 0 Å². The highest BCUT2D eigenvalue weighted by Gasteiger charge is 2.27. The maximum atomic E-state index is 12.7. The second-order valence-corrected chi connectivity index (χ2v) is 7.87. The van der Waals surface area contributed by atoms with Crippen molar-refractivity contribution in [3.05, 3.63) is 35.9 Å². The lowest BCUT2D eigenvalue weighted by Gasteiger charge is -2.26. The standard InChI is InChI=1S/C21H32N2O5S/c1-4-12-28-21(2,3)11-10-18(24)22-16(13-15-8-6-5-7-9-15)19(25)23-17(14-29)20(26)27/h5-9,16-17,29H,4,10-14H2,1-3H3,(H,22,24)(H,23,25)(H,26,27)/t16-,17-/m0/s1. The monoisotopic (exact) mass is 424 g/mol. The molecule has 1 rings (SSSR count). The fraction of sp³-hybridized carbons (Fsp3) is 0.571. The molecule has 1 aromatic carbocycles. The van der Waals surface area contributed by atoms with Crippen LogP contribution in [0.15, 0.2) is 30.3 Å². The molecule has 0 spiro atoms. The molecule has 0 heterocycles. The van der Waals surface area contributed by atoms with Gasteiger partial charge in [-0.05, 0) is 32.3 Å². The fourth-order valence-corrected chi connectivity index (χ4v) is 2.90. The van der Waals surface area contributed by atoms with Gasteiger partial charge in [0.1, 0.15) is 12.1 Å². The zero-order chi connectivity index (χ0) is 21.9. The number of ether oxygens (including phenoxy) is 1. The number of carboxylic acids is 1. The number of carbonyl (C=O) groups is 3. The van der Waals surface area contributed by atoms with E-state index >= 15 is 0 Å². The van der Waals surface area contributed by atoms with Gasteiger partial charge in [-0.3, -0.25) is 9.59 Å². The van der Waals surface area contributed by atoms with E-state index in [1.165, 1.54) is 0 Å². The van der Waals surface area contributed by atoms with Crippen molar-refractivity contribution >= 4 is 30.4 Å². The molecule has 7 nitrogen and oxygen atoms in total. The van der Waals surface area contributed by atoms with Gasteiger partial charge in [0.15, 0.2) is 0 Å². The summed E-state index contributed by atoms with van der Waals surface area (Å²) in [5.74, 6) is -2.05. The average Bonchev–Trinajstić information content (AvgIpc) is 2.69. The first kappa shape index (κ1) is 25.0. The van der Waals surface area contributed by atoms with Crippen molar-refractivity contribution in [2.45, 2.75) is 64.1 Å². The van der Waals surface area contributed by atoms with E-state index in [9.17, 15) is 14.4 Å². The molecule has 0 bridgehead atoms. The largest absolute Gasteiger partial charge is 0.480 e. The first-order chi connectivity index (χ1) is 13.7. The zero-order valence-corrected chi connectivity index (χ0v) is 18.2. The SMILES string of the molecule is CCCOC(C)(C)CCC(=O)N[C@@H](Cc1ccccc1)C(=O)N[C@@H](CS)C(=O)O. The van der Waals surface area contributed by atoms with E-state index in [1.54, 1.807) is 0 Å². The van der Waals surface area contributed by atoms with Crippen LogP contribution >= 0.6 is 12.6 Å². The van der Waals surface area contributed by atoms with E-state index in [1.807, 2.05) is 51.1 Å². The number of thiol groups is 1. The third-order valence-corrected chi connectivity index (χ3v) is 4.75. The Labute approximate surface area is 178 Å². The van der Waals surface area contributed by atoms with Crippen LogP contribution in [0.2, 0.25) is 0 Å². The number of benzene rings is 1. The second-order valence-electron chi connectivity index (χ2n) is 7.50. The topological polar surface area (TPSA) is 105 Å². The molecule has 0 unspecified atom stereocenters. The minimum Gasteiger partial charge on any atom is -0.480 e. The number of amides is 2. The number of carboxylic acid groups (broad SMARTS) is 1. The molecule has 162 valence electrons. The first-order valence-electron chi connectivity index (χ1n) is 9.79. The molecule has 0 fully saturated rings. The van der Waals surface area contributed by atoms with Crippen molar-refractivity contribution < 1.29 is 24.2 Å². The van der Waals surface area contributed by atoms with Crippen LogP contribution < -0.4 is 10.6 Å². The van der Waals surface area contributed by atoms with Gasteiger partial charge < -0.3 is 20.5 Å². The normalized spacial score (nSPS) is 13.4. The minimum absolute atomic E-state index is 0.0456. The van der Waals surface area contributed by atoms with Crippen molar-refractivity contribution in [3.8, 4) is 0 Å². The molecule has 29 heavy (non-hydrogen) atoms. The highest BCUT2D eigenvalue weighted by atomic mass is 32.1. The summed E-state index contributed by atoms with van der Waals surface area (Å²) in [5, 5.41) is 14.3. The van der Waals surface area contributed by atoms with Crippen LogP contribution in [0.1, 0.15) is 45.6 Å². The van der Waals surface area contributed by atoms with Crippen molar-refractivity contribution in [3.63, 3.8) is 0 Å². The lowest BCUT2D eigenvalue weighted by atomic mass is 10.0. The number of rotatable bonds is 13. The van der Waals surface area contributed by atoms with Crippen LogP contribution in [-0.2, 0) is 25.5 Å². The molecule has 1 aromatic rings. The third-order valence-electron chi connectivity index (χ3n) is 4.38. The van der Waals surface area contributed by atoms with Crippen LogP contribution in [0.25, 0.3) is 0 Å². The van der Waals surface area contributed by atoms with Crippen LogP contribution in [-0.4, -0.2) is 52.9 Å². The van der Waals surface area contributed by atoms with Crippen molar-refractivity contribution in [2.75, 3.05) is 12.4 Å². The Hall–Kier alpha value is -2.06. The highest BCUT2D eigenvalue weighted by molar-refractivity contribution is 7.80. The molecule has 0 aliphatic rings. The van der Waals surface area contributed by atoms with Crippen molar-refractivity contribution in [1.82, 2.24) is 10.6 Å². The minimum atomic E-state index is -1.17. The number of hydrogen-bond acceptors (Lipinski definition) is 5. The lowest BCUT2D eigenvalue weighted by Crippen LogP contribution is -2.53. The summed E-state index contributed by atoms with van der Waals surface area (Å²) < 4.78 is 5.74. The van der Waals surface area contributed by atoms with Crippen LogP contribution in [0.3, 0.4) is 0 Å². The number of carbonyl (C=O) groups excluding carboxylic acids is 2. The van der Waals surface area contributed by atoms with Gasteiger partial charge in [-0.25, -0.2) is 4.79 Å². The molecule has 0 saturated heterocycles. The molecular weight excluding hydrogens is 392 g/mol. The third kappa shape index (κ3) is 9.80. The zero-order valence-electron chi connectivity index (χ0n) is 17.3. The maximum Gasteiger partial charge on any atom is 0.327 e. The Morgan fingerprint density at radius 2 is 1.79 bits per heavy atom. The van der Waals surface area contributed by atoms with E-state index in [0.29, 0.717) is 13.0 Å². The Bertz CT molecular complexity index is 666. The van der Waals surface area contributed by atoms with E-state index in [2.05, 4.69) is 23.3 Å². The predicted octanol–water partition coefficient (Wildman–Crippen LogP) is 2.20. The molecule has 2 amide bonds. The summed E-state index contributed by atoms with van der Waals surface area (Å²) in [5.41, 5.74) is 0.419. The van der Waals surface area contributed by atoms with E-state index in [-0.39, 0.29) is 24.5 Å². The Morgan fingerprint density at radius 3 is 2.34 bits per heavy atom. The lowest BCUT2D eigenvalue weighted by molar-refractivity contribution is -0.141. The van der Waals surface area contributed by atoms with E-state index in [0.717, 1.165) is 12.0 Å². The summed E-state index contributed by atoms with van der Waals surface area (Å²) in [6.07, 6.45) is 1.86. The van der Waals surface area contributed by atoms with Gasteiger partial charge in [0.05, 0.1) is 5.60 Å². The molecule has 0 saturated carbocycles. The molecule has 8 heteroatoms. The Morgan fingerprint density at radius 1 is 1.14 bits per heavy atom. The average molecular weight is 425 g/mol.